The molecule has 0 bridgehead atoms. The van der Waals surface area contributed by atoms with Gasteiger partial charge in [0.05, 0.1) is 12.4 Å². The molecule has 2 aromatic rings. The number of anilines is 1. The normalized spacial score (nSPS) is 18.1. The second-order valence-corrected chi connectivity index (χ2v) is 5.24. The highest BCUT2D eigenvalue weighted by Crippen LogP contribution is 2.24. The summed E-state index contributed by atoms with van der Waals surface area (Å²) < 4.78 is 2.13. The first-order valence-corrected chi connectivity index (χ1v) is 7.01. The lowest BCUT2D eigenvalue weighted by Gasteiger charge is -2.26. The van der Waals surface area contributed by atoms with Gasteiger partial charge in [-0.3, -0.25) is 9.78 Å². The minimum Gasteiger partial charge on any atom is -0.364 e. The predicted octanol–water partition coefficient (Wildman–Crippen LogP) is 0.749. The van der Waals surface area contributed by atoms with Crippen LogP contribution < -0.4 is 10.6 Å². The van der Waals surface area contributed by atoms with Crippen LogP contribution in [0.25, 0.3) is 0 Å². The summed E-state index contributed by atoms with van der Waals surface area (Å²) in [5, 5.41) is 0. The first kappa shape index (κ1) is 13.5. The highest BCUT2D eigenvalue weighted by molar-refractivity contribution is 5.90. The summed E-state index contributed by atoms with van der Waals surface area (Å²) >= 11 is 0. The van der Waals surface area contributed by atoms with Crippen LogP contribution in [0, 0.1) is 6.92 Å². The Morgan fingerprint density at radius 1 is 1.48 bits per heavy atom. The predicted molar refractivity (Wildman–Crippen MR) is 77.9 cm³/mol. The Balaban J connectivity index is 1.82. The lowest BCUT2D eigenvalue weighted by molar-refractivity contribution is 0.0995. The van der Waals surface area contributed by atoms with Crippen molar-refractivity contribution in [3.63, 3.8) is 0 Å². The van der Waals surface area contributed by atoms with E-state index in [1.54, 1.807) is 6.20 Å². The number of carbonyl (C=O) groups is 1. The average molecular weight is 286 g/mol. The summed E-state index contributed by atoms with van der Waals surface area (Å²) in [4.78, 5) is 26.1. The minimum absolute atomic E-state index is 0.206. The lowest BCUT2D eigenvalue weighted by atomic mass is 10.2. The molecule has 2 N–H and O–H groups in total. The van der Waals surface area contributed by atoms with Crippen LogP contribution >= 0.6 is 0 Å². The van der Waals surface area contributed by atoms with E-state index in [2.05, 4.69) is 24.4 Å². The quantitative estimate of drug-likeness (QED) is 0.895. The zero-order valence-corrected chi connectivity index (χ0v) is 11.9. The molecule has 0 radical (unpaired) electrons. The molecule has 3 rings (SSSR count). The van der Waals surface area contributed by atoms with Crippen molar-refractivity contribution in [2.45, 2.75) is 32.4 Å². The minimum atomic E-state index is -0.550. The van der Waals surface area contributed by atoms with Gasteiger partial charge in [-0.25, -0.2) is 9.97 Å². The summed E-state index contributed by atoms with van der Waals surface area (Å²) in [5.41, 5.74) is 5.48. The van der Waals surface area contributed by atoms with Crippen LogP contribution in [0.1, 0.15) is 29.2 Å². The fourth-order valence-corrected chi connectivity index (χ4v) is 2.76. The maximum Gasteiger partial charge on any atom is 0.268 e. The average Bonchev–Trinajstić information content (AvgIpc) is 3.09. The molecule has 1 aliphatic rings. The van der Waals surface area contributed by atoms with Crippen LogP contribution in [-0.4, -0.2) is 38.0 Å². The molecule has 2 aromatic heterocycles. The van der Waals surface area contributed by atoms with E-state index in [1.165, 1.54) is 6.20 Å². The van der Waals surface area contributed by atoms with Crippen LogP contribution in [0.2, 0.25) is 0 Å². The molecule has 7 nitrogen and oxygen atoms in total. The number of nitrogens with zero attached hydrogens (tertiary/aromatic N) is 5. The Labute approximate surface area is 122 Å². The van der Waals surface area contributed by atoms with Gasteiger partial charge in [-0.05, 0) is 19.8 Å². The third-order valence-electron chi connectivity index (χ3n) is 3.88. The van der Waals surface area contributed by atoms with Crippen LogP contribution in [0.15, 0.2) is 24.8 Å². The second kappa shape index (κ2) is 5.51. The van der Waals surface area contributed by atoms with Crippen molar-refractivity contribution in [3.8, 4) is 0 Å². The van der Waals surface area contributed by atoms with E-state index >= 15 is 0 Å². The number of amides is 1. The molecule has 1 saturated heterocycles. The Bertz CT molecular complexity index is 652. The second-order valence-electron chi connectivity index (χ2n) is 5.24. The van der Waals surface area contributed by atoms with Crippen LogP contribution in [0.4, 0.5) is 5.82 Å². The maximum absolute atomic E-state index is 11.2. The van der Waals surface area contributed by atoms with E-state index < -0.39 is 5.91 Å². The Morgan fingerprint density at radius 3 is 3.05 bits per heavy atom. The van der Waals surface area contributed by atoms with Gasteiger partial charge in [-0.2, -0.15) is 0 Å². The third-order valence-corrected chi connectivity index (χ3v) is 3.88. The molecule has 3 heterocycles. The van der Waals surface area contributed by atoms with Crippen molar-refractivity contribution < 1.29 is 4.79 Å². The molecular weight excluding hydrogens is 268 g/mol. The smallest absolute Gasteiger partial charge is 0.268 e. The van der Waals surface area contributed by atoms with Gasteiger partial charge in [0.2, 0.25) is 0 Å². The molecule has 0 saturated carbocycles. The van der Waals surface area contributed by atoms with Crippen molar-refractivity contribution >= 4 is 11.7 Å². The Morgan fingerprint density at radius 2 is 2.33 bits per heavy atom. The number of rotatable bonds is 4. The van der Waals surface area contributed by atoms with Gasteiger partial charge in [0.15, 0.2) is 0 Å². The molecule has 1 aliphatic heterocycles. The van der Waals surface area contributed by atoms with Crippen molar-refractivity contribution in [1.82, 2.24) is 19.5 Å². The standard InChI is InChI=1S/C14H18N6O/c1-10-17-4-6-19(10)9-11-3-2-5-20(11)13-8-16-7-12(18-13)14(15)21/h4,6-8,11H,2-3,5,9H2,1H3,(H2,15,21). The monoisotopic (exact) mass is 286 g/mol. The van der Waals surface area contributed by atoms with Crippen LogP contribution in [0.5, 0.6) is 0 Å². The summed E-state index contributed by atoms with van der Waals surface area (Å²) in [6.07, 6.45) is 9.06. The van der Waals surface area contributed by atoms with Gasteiger partial charge in [0.25, 0.3) is 5.91 Å². The van der Waals surface area contributed by atoms with E-state index in [4.69, 9.17) is 5.73 Å². The SMILES string of the molecule is Cc1nccn1CC1CCCN1c1cncc(C(N)=O)n1. The molecule has 1 amide bonds. The molecule has 0 spiro atoms. The molecule has 1 atom stereocenters. The highest BCUT2D eigenvalue weighted by atomic mass is 16.1. The number of aryl methyl sites for hydroxylation is 1. The zero-order chi connectivity index (χ0) is 14.8. The summed E-state index contributed by atoms with van der Waals surface area (Å²) in [6, 6.07) is 0.329. The van der Waals surface area contributed by atoms with E-state index in [0.717, 1.165) is 31.8 Å². The Hall–Kier alpha value is -2.44. The topological polar surface area (TPSA) is 89.9 Å². The molecular formula is C14H18N6O. The summed E-state index contributed by atoms with van der Waals surface area (Å²) in [7, 11) is 0. The first-order chi connectivity index (χ1) is 10.1. The summed E-state index contributed by atoms with van der Waals surface area (Å²) in [6.45, 7) is 3.76. The molecule has 0 aliphatic carbocycles. The Kier molecular flexibility index (Phi) is 3.55. The number of aromatic nitrogens is 4. The van der Waals surface area contributed by atoms with Gasteiger partial charge in [0.1, 0.15) is 17.3 Å². The maximum atomic E-state index is 11.2. The van der Waals surface area contributed by atoms with Crippen molar-refractivity contribution in [1.29, 1.82) is 0 Å². The van der Waals surface area contributed by atoms with E-state index in [0.29, 0.717) is 11.9 Å². The van der Waals surface area contributed by atoms with Gasteiger partial charge < -0.3 is 15.2 Å². The van der Waals surface area contributed by atoms with E-state index in [9.17, 15) is 4.79 Å². The van der Waals surface area contributed by atoms with Crippen molar-refractivity contribution in [2.24, 2.45) is 5.73 Å². The fraction of sp³-hybridized carbons (Fsp3) is 0.429. The molecule has 1 unspecified atom stereocenters. The highest BCUT2D eigenvalue weighted by Gasteiger charge is 2.27. The van der Waals surface area contributed by atoms with E-state index in [1.807, 2.05) is 19.3 Å². The van der Waals surface area contributed by atoms with Crippen molar-refractivity contribution in [2.75, 3.05) is 11.4 Å². The molecule has 21 heavy (non-hydrogen) atoms. The number of imidazole rings is 1. The number of nitrogens with two attached hydrogens (primary N) is 1. The van der Waals surface area contributed by atoms with Gasteiger partial charge in [-0.15, -0.1) is 0 Å². The summed E-state index contributed by atoms with van der Waals surface area (Å²) in [5.74, 6) is 1.16. The van der Waals surface area contributed by atoms with Crippen LogP contribution in [0.3, 0.4) is 0 Å². The van der Waals surface area contributed by atoms with Crippen molar-refractivity contribution in [3.05, 3.63) is 36.3 Å². The number of carbonyl (C=O) groups excluding carboxylic acids is 1. The number of primary amides is 1. The molecule has 110 valence electrons. The molecule has 1 fully saturated rings. The third kappa shape index (κ3) is 2.72. The van der Waals surface area contributed by atoms with Crippen LogP contribution in [-0.2, 0) is 6.54 Å². The van der Waals surface area contributed by atoms with Gasteiger partial charge >= 0.3 is 0 Å². The first-order valence-electron chi connectivity index (χ1n) is 7.01. The molecule has 0 aromatic carbocycles. The number of hydrogen-bond acceptors (Lipinski definition) is 5. The number of hydrogen-bond donors (Lipinski definition) is 1. The molecule has 7 heteroatoms. The lowest BCUT2D eigenvalue weighted by Crippen LogP contribution is -2.34. The largest absolute Gasteiger partial charge is 0.364 e. The van der Waals surface area contributed by atoms with Gasteiger partial charge in [-0.1, -0.05) is 0 Å². The van der Waals surface area contributed by atoms with Gasteiger partial charge in [0, 0.05) is 31.5 Å². The zero-order valence-electron chi connectivity index (χ0n) is 11.9. The van der Waals surface area contributed by atoms with E-state index in [-0.39, 0.29) is 5.69 Å². The fourth-order valence-electron chi connectivity index (χ4n) is 2.76.